The molecule has 0 saturated heterocycles. The smallest absolute Gasteiger partial charge is 0.260 e. The van der Waals surface area contributed by atoms with Gasteiger partial charge in [-0.15, -0.1) is 0 Å². The van der Waals surface area contributed by atoms with Crippen LogP contribution in [0.2, 0.25) is 0 Å². The highest BCUT2D eigenvalue weighted by atomic mass is 19.1. The fourth-order valence-electron chi connectivity index (χ4n) is 5.17. The van der Waals surface area contributed by atoms with Gasteiger partial charge in [-0.1, -0.05) is 30.3 Å². The van der Waals surface area contributed by atoms with Crippen LogP contribution in [0.1, 0.15) is 24.1 Å². The third-order valence-corrected chi connectivity index (χ3v) is 7.53. The van der Waals surface area contributed by atoms with Crippen LogP contribution in [0.25, 0.3) is 22.2 Å². The van der Waals surface area contributed by atoms with Gasteiger partial charge in [-0.05, 0) is 56.4 Å². The molecule has 0 aliphatic rings. The van der Waals surface area contributed by atoms with Crippen molar-refractivity contribution in [2.24, 2.45) is 0 Å². The Hall–Kier alpha value is -5.49. The zero-order chi connectivity index (χ0) is 33.7. The molecule has 242 valence electrons. The number of methoxy groups -OCH3 is 2. The number of likely N-dealkylation sites (N-methyl/N-ethyl adjacent to an activating group) is 1. The van der Waals surface area contributed by atoms with Crippen molar-refractivity contribution in [2.45, 2.75) is 19.4 Å². The number of halogens is 2. The third-order valence-electron chi connectivity index (χ3n) is 7.53. The molecule has 3 heterocycles. The lowest BCUT2D eigenvalue weighted by atomic mass is 10.00. The van der Waals surface area contributed by atoms with Gasteiger partial charge in [-0.25, -0.2) is 13.8 Å². The van der Waals surface area contributed by atoms with Crippen LogP contribution in [0.3, 0.4) is 0 Å². The molecule has 1 N–H and O–H groups in total. The van der Waals surface area contributed by atoms with Gasteiger partial charge in [0.2, 0.25) is 5.95 Å². The first-order valence-electron chi connectivity index (χ1n) is 14.7. The van der Waals surface area contributed by atoms with Crippen LogP contribution < -0.4 is 20.3 Å². The van der Waals surface area contributed by atoms with E-state index in [-0.39, 0.29) is 40.9 Å². The van der Waals surface area contributed by atoms with Gasteiger partial charge in [0.25, 0.3) is 5.56 Å². The zero-order valence-electron chi connectivity index (χ0n) is 26.6. The number of anilines is 2. The molecule has 0 aliphatic heterocycles. The van der Waals surface area contributed by atoms with Gasteiger partial charge >= 0.3 is 0 Å². The van der Waals surface area contributed by atoms with Crippen LogP contribution >= 0.6 is 0 Å². The Bertz CT molecular complexity index is 1990. The molecule has 0 bridgehead atoms. The van der Waals surface area contributed by atoms with Gasteiger partial charge in [-0.3, -0.25) is 19.1 Å². The summed E-state index contributed by atoms with van der Waals surface area (Å²) < 4.78 is 43.1. The maximum Gasteiger partial charge on any atom is 0.260 e. The number of hydrogen-bond acceptors (Lipinski definition) is 9. The second kappa shape index (κ2) is 14.3. The fourth-order valence-corrected chi connectivity index (χ4v) is 5.17. The monoisotopic (exact) mass is 640 g/mol. The number of fused-ring (bicyclic) bond motifs is 1. The molecule has 10 nitrogen and oxygen atoms in total. The van der Waals surface area contributed by atoms with E-state index < -0.39 is 28.8 Å². The van der Waals surface area contributed by atoms with E-state index >= 15 is 8.78 Å². The number of pyridine rings is 2. The molecule has 1 unspecified atom stereocenters. The molecule has 0 amide bonds. The van der Waals surface area contributed by atoms with E-state index in [9.17, 15) is 9.59 Å². The quantitative estimate of drug-likeness (QED) is 0.171. The van der Waals surface area contributed by atoms with E-state index in [1.165, 1.54) is 31.0 Å². The Morgan fingerprint density at radius 2 is 1.74 bits per heavy atom. The third kappa shape index (κ3) is 7.17. The van der Waals surface area contributed by atoms with Crippen molar-refractivity contribution in [1.82, 2.24) is 24.4 Å². The molecule has 0 fully saturated rings. The second-order valence-corrected chi connectivity index (χ2v) is 11.1. The van der Waals surface area contributed by atoms with Gasteiger partial charge in [0.05, 0.1) is 31.4 Å². The molecular formula is C35H34F2N6O4. The number of allylic oxidation sites excluding steroid dienone is 1. The average molecular weight is 641 g/mol. The van der Waals surface area contributed by atoms with E-state index in [1.807, 2.05) is 37.2 Å². The minimum absolute atomic E-state index is 0.0706. The predicted molar refractivity (Wildman–Crippen MR) is 176 cm³/mol. The summed E-state index contributed by atoms with van der Waals surface area (Å²) in [5, 5.41) is 3.44. The molecule has 47 heavy (non-hydrogen) atoms. The largest absolute Gasteiger partial charge is 0.494 e. The maximum atomic E-state index is 15.7. The lowest BCUT2D eigenvalue weighted by Gasteiger charge is -2.21. The maximum absolute atomic E-state index is 15.7. The summed E-state index contributed by atoms with van der Waals surface area (Å²) in [6.45, 7) is 2.41. The second-order valence-electron chi connectivity index (χ2n) is 11.1. The first-order valence-corrected chi connectivity index (χ1v) is 14.7. The highest BCUT2D eigenvalue weighted by molar-refractivity contribution is 5.91. The number of nitrogens with zero attached hydrogens (tertiary/aromatic N) is 5. The van der Waals surface area contributed by atoms with E-state index in [0.29, 0.717) is 23.2 Å². The molecule has 0 radical (unpaired) electrons. The molecule has 2 aromatic carbocycles. The summed E-state index contributed by atoms with van der Waals surface area (Å²) in [7, 11) is 6.30. The van der Waals surface area contributed by atoms with Crippen LogP contribution in [0.15, 0.2) is 84.1 Å². The first kappa shape index (κ1) is 32.9. The summed E-state index contributed by atoms with van der Waals surface area (Å²) in [6.07, 6.45) is 8.19. The molecule has 5 rings (SSSR count). The van der Waals surface area contributed by atoms with Crippen molar-refractivity contribution in [1.29, 1.82) is 0 Å². The van der Waals surface area contributed by atoms with Crippen molar-refractivity contribution in [3.05, 3.63) is 112 Å². The van der Waals surface area contributed by atoms with E-state index in [0.717, 1.165) is 11.6 Å². The lowest BCUT2D eigenvalue weighted by molar-refractivity contribution is -0.114. The van der Waals surface area contributed by atoms with Gasteiger partial charge < -0.3 is 19.7 Å². The Morgan fingerprint density at radius 3 is 2.40 bits per heavy atom. The number of rotatable bonds is 12. The van der Waals surface area contributed by atoms with Crippen LogP contribution in [0, 0.1) is 11.6 Å². The Balaban J connectivity index is 1.68. The number of ketones is 1. The highest BCUT2D eigenvalue weighted by Gasteiger charge is 2.27. The minimum Gasteiger partial charge on any atom is -0.494 e. The number of carbonyl (C=O) groups is 1. The number of ether oxygens (including phenoxy) is 2. The van der Waals surface area contributed by atoms with Crippen molar-refractivity contribution in [3.8, 4) is 22.6 Å². The Kier molecular flexibility index (Phi) is 10.0. The van der Waals surface area contributed by atoms with Crippen molar-refractivity contribution in [3.63, 3.8) is 0 Å². The number of carbonyl (C=O) groups excluding carboxylic acids is 1. The summed E-state index contributed by atoms with van der Waals surface area (Å²) >= 11 is 0. The van der Waals surface area contributed by atoms with Crippen molar-refractivity contribution >= 4 is 28.5 Å². The Labute approximate surface area is 270 Å². The number of nitrogens with one attached hydrogen (secondary N) is 1. The molecule has 0 aliphatic carbocycles. The van der Waals surface area contributed by atoms with Gasteiger partial charge in [0, 0.05) is 48.7 Å². The van der Waals surface area contributed by atoms with Crippen LogP contribution in [0.5, 0.6) is 11.5 Å². The van der Waals surface area contributed by atoms with Crippen LogP contribution in [0.4, 0.5) is 20.4 Å². The molecular weight excluding hydrogens is 606 g/mol. The first-order chi connectivity index (χ1) is 22.6. The van der Waals surface area contributed by atoms with Crippen LogP contribution in [-0.2, 0) is 11.2 Å². The van der Waals surface area contributed by atoms with Gasteiger partial charge in [-0.2, -0.15) is 4.98 Å². The van der Waals surface area contributed by atoms with Gasteiger partial charge in [0.15, 0.2) is 28.9 Å². The summed E-state index contributed by atoms with van der Waals surface area (Å²) in [6, 6.07) is 12.5. The lowest BCUT2D eigenvalue weighted by Crippen LogP contribution is -2.27. The fraction of sp³-hybridized carbons (Fsp3) is 0.229. The highest BCUT2D eigenvalue weighted by Crippen LogP contribution is 2.37. The standard InChI is InChI=1S/C35H34F2N6O4/c1-21(23-9-6-8-22(16-23)17-26(44)10-7-15-42(2)3)43-33-24(20-39-35(41-33)40-25-11-13-38-14-12-25)18-27(34(43)45)30-31(36)28(46-4)19-29(47-5)32(30)37/h6-14,16,18-21H,15,17H2,1-5H3,(H,38,39,40,41)/b10-7+. The van der Waals surface area contributed by atoms with Crippen molar-refractivity contribution in [2.75, 3.05) is 40.2 Å². The zero-order valence-corrected chi connectivity index (χ0v) is 26.6. The average Bonchev–Trinajstić information content (AvgIpc) is 3.05. The molecule has 0 spiro atoms. The molecule has 3 aromatic heterocycles. The number of aromatic nitrogens is 4. The van der Waals surface area contributed by atoms with Crippen LogP contribution in [-0.4, -0.2) is 65.1 Å². The van der Waals surface area contributed by atoms with Crippen molar-refractivity contribution < 1.29 is 23.0 Å². The van der Waals surface area contributed by atoms with E-state index in [1.54, 1.807) is 49.7 Å². The molecule has 0 saturated carbocycles. The van der Waals surface area contributed by atoms with E-state index in [4.69, 9.17) is 9.47 Å². The predicted octanol–water partition coefficient (Wildman–Crippen LogP) is 5.73. The minimum atomic E-state index is -1.05. The number of hydrogen-bond donors (Lipinski definition) is 1. The summed E-state index contributed by atoms with van der Waals surface area (Å²) in [5.41, 5.74) is 0.735. The normalized spacial score (nSPS) is 12.1. The Morgan fingerprint density at radius 1 is 1.04 bits per heavy atom. The summed E-state index contributed by atoms with van der Waals surface area (Å²) in [5.74, 6) is -2.56. The SMILES string of the molecule is COc1cc(OC)c(F)c(-c2cc3cnc(Nc4ccncc4)nc3n(C(C)c3cccc(CC(=O)/C=C/CN(C)C)c3)c2=O)c1F. The molecule has 12 heteroatoms. The topological polar surface area (TPSA) is 111 Å². The van der Waals surface area contributed by atoms with E-state index in [2.05, 4.69) is 20.3 Å². The summed E-state index contributed by atoms with van der Waals surface area (Å²) in [4.78, 5) is 42.1. The van der Waals surface area contributed by atoms with Gasteiger partial charge in [0.1, 0.15) is 5.65 Å². The molecule has 1 atom stereocenters. The number of benzene rings is 2. The molecule has 5 aromatic rings.